The summed E-state index contributed by atoms with van der Waals surface area (Å²) in [4.78, 5) is 1.65. The molecule has 1 aromatic carbocycles. The predicted octanol–water partition coefficient (Wildman–Crippen LogP) is 1.71. The van der Waals surface area contributed by atoms with E-state index in [0.29, 0.717) is 11.1 Å². The standard InChI is InChI=1S/C14H19N3O3S/c1-5-16-6-7-17(15)14(16)20-21(18,19)13-11(3)8-10(2)9-12(13)4/h5-9,14H,1,15H2,2-4H3. The molecule has 2 rings (SSSR count). The Morgan fingerprint density at radius 1 is 1.24 bits per heavy atom. The summed E-state index contributed by atoms with van der Waals surface area (Å²) in [5.41, 5.74) is 2.29. The normalized spacial score (nSPS) is 18.4. The maximum absolute atomic E-state index is 12.6. The minimum Gasteiger partial charge on any atom is -0.308 e. The smallest absolute Gasteiger partial charge is 0.301 e. The first-order chi connectivity index (χ1) is 9.76. The molecule has 114 valence electrons. The topological polar surface area (TPSA) is 75.9 Å². The van der Waals surface area contributed by atoms with Crippen LogP contribution >= 0.6 is 0 Å². The van der Waals surface area contributed by atoms with Crippen LogP contribution in [-0.4, -0.2) is 24.7 Å². The van der Waals surface area contributed by atoms with Gasteiger partial charge in [0.05, 0.1) is 0 Å². The zero-order valence-corrected chi connectivity index (χ0v) is 13.1. The molecule has 0 aromatic heterocycles. The third-order valence-corrected chi connectivity index (χ3v) is 4.77. The van der Waals surface area contributed by atoms with Gasteiger partial charge in [0.2, 0.25) is 6.35 Å². The molecule has 0 spiro atoms. The third-order valence-electron chi connectivity index (χ3n) is 3.20. The summed E-state index contributed by atoms with van der Waals surface area (Å²) < 4.78 is 30.4. The Bertz CT molecular complexity index is 674. The highest BCUT2D eigenvalue weighted by Crippen LogP contribution is 2.26. The lowest BCUT2D eigenvalue weighted by molar-refractivity contribution is 0.00121. The molecule has 1 aromatic rings. The van der Waals surface area contributed by atoms with Crippen LogP contribution in [0.2, 0.25) is 0 Å². The molecule has 7 heteroatoms. The summed E-state index contributed by atoms with van der Waals surface area (Å²) in [6, 6.07) is 3.61. The van der Waals surface area contributed by atoms with Gasteiger partial charge in [-0.3, -0.25) is 5.01 Å². The van der Waals surface area contributed by atoms with Gasteiger partial charge in [0, 0.05) is 18.6 Å². The number of rotatable bonds is 4. The molecule has 0 radical (unpaired) electrons. The first kappa shape index (κ1) is 15.6. The molecule has 21 heavy (non-hydrogen) atoms. The average Bonchev–Trinajstić information content (AvgIpc) is 2.68. The Morgan fingerprint density at radius 3 is 2.33 bits per heavy atom. The number of aryl methyl sites for hydroxylation is 3. The summed E-state index contributed by atoms with van der Waals surface area (Å²) >= 11 is 0. The van der Waals surface area contributed by atoms with E-state index in [9.17, 15) is 8.42 Å². The number of hydrogen-bond donors (Lipinski definition) is 1. The zero-order chi connectivity index (χ0) is 15.8. The molecule has 2 N–H and O–H groups in total. The summed E-state index contributed by atoms with van der Waals surface area (Å²) in [5, 5.41) is 1.16. The average molecular weight is 309 g/mol. The van der Waals surface area contributed by atoms with Gasteiger partial charge in [0.1, 0.15) is 4.90 Å². The lowest BCUT2D eigenvalue weighted by atomic mass is 10.1. The first-order valence-corrected chi connectivity index (χ1v) is 7.79. The predicted molar refractivity (Wildman–Crippen MR) is 79.9 cm³/mol. The Balaban J connectivity index is 2.38. The van der Waals surface area contributed by atoms with Crippen LogP contribution in [0, 0.1) is 20.8 Å². The number of hydrogen-bond acceptors (Lipinski definition) is 6. The van der Waals surface area contributed by atoms with Crippen molar-refractivity contribution in [2.75, 3.05) is 0 Å². The van der Waals surface area contributed by atoms with Gasteiger partial charge >= 0.3 is 10.1 Å². The second-order valence-corrected chi connectivity index (χ2v) is 6.49. The van der Waals surface area contributed by atoms with Crippen molar-refractivity contribution in [2.24, 2.45) is 5.84 Å². The van der Waals surface area contributed by atoms with E-state index in [-0.39, 0.29) is 4.90 Å². The van der Waals surface area contributed by atoms with Gasteiger partial charge in [-0.25, -0.2) is 10.0 Å². The molecule has 0 amide bonds. The molecular formula is C14H19N3O3S. The summed E-state index contributed by atoms with van der Waals surface area (Å²) in [5.74, 6) is 5.70. The Kier molecular flexibility index (Phi) is 4.08. The van der Waals surface area contributed by atoms with Crippen molar-refractivity contribution in [1.29, 1.82) is 0 Å². The largest absolute Gasteiger partial charge is 0.308 e. The number of benzene rings is 1. The molecule has 1 heterocycles. The lowest BCUT2D eigenvalue weighted by Gasteiger charge is -2.26. The van der Waals surface area contributed by atoms with Crippen LogP contribution in [0.3, 0.4) is 0 Å². The van der Waals surface area contributed by atoms with Crippen molar-refractivity contribution in [3.63, 3.8) is 0 Å². The van der Waals surface area contributed by atoms with Crippen LogP contribution in [0.5, 0.6) is 0 Å². The van der Waals surface area contributed by atoms with Crippen molar-refractivity contribution in [3.05, 3.63) is 54.0 Å². The maximum atomic E-state index is 12.6. The van der Waals surface area contributed by atoms with Gasteiger partial charge in [0.25, 0.3) is 0 Å². The Hall–Kier alpha value is -1.83. The number of nitrogens with zero attached hydrogens (tertiary/aromatic N) is 2. The van der Waals surface area contributed by atoms with Crippen LogP contribution in [-0.2, 0) is 14.3 Å². The van der Waals surface area contributed by atoms with E-state index in [0.717, 1.165) is 10.6 Å². The van der Waals surface area contributed by atoms with Crippen LogP contribution < -0.4 is 5.84 Å². The van der Waals surface area contributed by atoms with Gasteiger partial charge < -0.3 is 4.90 Å². The van der Waals surface area contributed by atoms with Gasteiger partial charge in [-0.05, 0) is 31.9 Å². The van der Waals surface area contributed by atoms with E-state index in [1.165, 1.54) is 17.3 Å². The van der Waals surface area contributed by atoms with E-state index in [1.807, 2.05) is 19.1 Å². The van der Waals surface area contributed by atoms with Crippen molar-refractivity contribution in [1.82, 2.24) is 9.91 Å². The molecule has 0 bridgehead atoms. The monoisotopic (exact) mass is 309 g/mol. The minimum absolute atomic E-state index is 0.178. The van der Waals surface area contributed by atoms with E-state index < -0.39 is 16.5 Å². The molecule has 1 aliphatic heterocycles. The van der Waals surface area contributed by atoms with Gasteiger partial charge in [-0.2, -0.15) is 8.42 Å². The fourth-order valence-corrected chi connectivity index (χ4v) is 3.86. The molecule has 0 fully saturated rings. The van der Waals surface area contributed by atoms with E-state index in [2.05, 4.69) is 6.58 Å². The molecule has 0 saturated heterocycles. The number of nitrogens with two attached hydrogens (primary N) is 1. The quantitative estimate of drug-likeness (QED) is 0.674. The van der Waals surface area contributed by atoms with Crippen LogP contribution in [0.25, 0.3) is 0 Å². The van der Waals surface area contributed by atoms with Gasteiger partial charge in [0.15, 0.2) is 0 Å². The molecular weight excluding hydrogens is 290 g/mol. The van der Waals surface area contributed by atoms with Crippen LogP contribution in [0.15, 0.2) is 42.2 Å². The van der Waals surface area contributed by atoms with Gasteiger partial charge in [-0.15, -0.1) is 0 Å². The van der Waals surface area contributed by atoms with Crippen molar-refractivity contribution in [2.45, 2.75) is 32.0 Å². The highest BCUT2D eigenvalue weighted by Gasteiger charge is 2.32. The highest BCUT2D eigenvalue weighted by atomic mass is 32.2. The first-order valence-electron chi connectivity index (χ1n) is 6.39. The van der Waals surface area contributed by atoms with Gasteiger partial charge in [-0.1, -0.05) is 24.3 Å². The summed E-state index contributed by atoms with van der Waals surface area (Å²) in [6.45, 7) is 9.00. The van der Waals surface area contributed by atoms with Crippen LogP contribution in [0.4, 0.5) is 0 Å². The van der Waals surface area contributed by atoms with Crippen molar-refractivity contribution in [3.8, 4) is 0 Å². The SMILES string of the molecule is C=CN1C=CN(N)C1OS(=O)(=O)c1c(C)cc(C)cc1C. The van der Waals surface area contributed by atoms with Crippen molar-refractivity contribution < 1.29 is 12.6 Å². The second-order valence-electron chi connectivity index (χ2n) is 4.98. The van der Waals surface area contributed by atoms with Crippen molar-refractivity contribution >= 4 is 10.1 Å². The second kappa shape index (κ2) is 5.51. The fourth-order valence-electron chi connectivity index (χ4n) is 2.43. The number of hydrazine groups is 1. The molecule has 1 atom stereocenters. The zero-order valence-electron chi connectivity index (χ0n) is 12.3. The maximum Gasteiger partial charge on any atom is 0.301 e. The summed E-state index contributed by atoms with van der Waals surface area (Å²) in [7, 11) is -3.95. The van der Waals surface area contributed by atoms with E-state index in [4.69, 9.17) is 10.0 Å². The highest BCUT2D eigenvalue weighted by molar-refractivity contribution is 7.86. The summed E-state index contributed by atoms with van der Waals surface area (Å²) in [6.07, 6.45) is 3.57. The van der Waals surface area contributed by atoms with E-state index >= 15 is 0 Å². The Morgan fingerprint density at radius 2 is 1.81 bits per heavy atom. The van der Waals surface area contributed by atoms with E-state index in [1.54, 1.807) is 20.0 Å². The lowest BCUT2D eigenvalue weighted by Crippen LogP contribution is -2.43. The molecule has 0 saturated carbocycles. The molecule has 0 aliphatic carbocycles. The molecule has 1 aliphatic rings. The third kappa shape index (κ3) is 2.94. The molecule has 1 unspecified atom stereocenters. The van der Waals surface area contributed by atoms with Crippen LogP contribution in [0.1, 0.15) is 16.7 Å². The fraction of sp³-hybridized carbons (Fsp3) is 0.286. The minimum atomic E-state index is -3.95. The Labute approximate surface area is 125 Å². The molecule has 6 nitrogen and oxygen atoms in total.